The molecule has 0 fully saturated rings. The fourth-order valence-corrected chi connectivity index (χ4v) is 4.39. The van der Waals surface area contributed by atoms with Crippen LogP contribution in [0.3, 0.4) is 0 Å². The summed E-state index contributed by atoms with van der Waals surface area (Å²) in [5.74, 6) is -0.198. The van der Waals surface area contributed by atoms with Gasteiger partial charge in [0.2, 0.25) is 0 Å². The van der Waals surface area contributed by atoms with Gasteiger partial charge in [-0.2, -0.15) is 0 Å². The molecule has 0 amide bonds. The summed E-state index contributed by atoms with van der Waals surface area (Å²) < 4.78 is 0. The maximum atomic E-state index is 13.1. The molecule has 6 nitrogen and oxygen atoms in total. The van der Waals surface area contributed by atoms with Crippen molar-refractivity contribution in [3.63, 3.8) is 0 Å². The van der Waals surface area contributed by atoms with Crippen molar-refractivity contribution >= 4 is 16.8 Å². The topological polar surface area (TPSA) is 88.2 Å². The largest absolute Gasteiger partial charge is 0.507 e. The second-order valence-electron chi connectivity index (χ2n) is 8.63. The number of hydrogen-bond donors (Lipinski definition) is 2. The summed E-state index contributed by atoms with van der Waals surface area (Å²) in [6, 6.07) is 23.6. The lowest BCUT2D eigenvalue weighted by Crippen LogP contribution is -2.06. The third-order valence-electron chi connectivity index (χ3n) is 6.18. The van der Waals surface area contributed by atoms with Crippen molar-refractivity contribution in [3.8, 4) is 17.2 Å². The predicted octanol–water partition coefficient (Wildman–Crippen LogP) is 5.52. The fourth-order valence-electron chi connectivity index (χ4n) is 4.39. The highest BCUT2D eigenvalue weighted by Gasteiger charge is 2.19. The Kier molecular flexibility index (Phi) is 5.79. The van der Waals surface area contributed by atoms with Crippen LogP contribution < -0.4 is 0 Å². The number of aromatic hydroxyl groups is 2. The van der Waals surface area contributed by atoms with Crippen molar-refractivity contribution in [1.29, 1.82) is 0 Å². The van der Waals surface area contributed by atoms with E-state index in [1.807, 2.05) is 56.3 Å². The second kappa shape index (κ2) is 9.06. The van der Waals surface area contributed by atoms with Crippen LogP contribution in [0, 0.1) is 6.92 Å². The highest BCUT2D eigenvalue weighted by Crippen LogP contribution is 2.33. The highest BCUT2D eigenvalue weighted by atomic mass is 16.3. The third kappa shape index (κ3) is 4.26. The molecule has 0 aliphatic heterocycles. The Labute approximate surface area is 203 Å². The summed E-state index contributed by atoms with van der Waals surface area (Å²) in [6.45, 7) is 3.95. The lowest BCUT2D eigenvalue weighted by Gasteiger charge is -2.15. The van der Waals surface area contributed by atoms with Crippen molar-refractivity contribution in [3.05, 3.63) is 112 Å². The fraction of sp³-hybridized carbons (Fsp3) is 0.138. The molecular formula is C29H25N3O3. The number of phenolic OH excluding ortho intramolecular Hbond substituents is 2. The molecule has 5 rings (SSSR count). The van der Waals surface area contributed by atoms with E-state index >= 15 is 0 Å². The van der Waals surface area contributed by atoms with Crippen LogP contribution in [0.5, 0.6) is 11.5 Å². The van der Waals surface area contributed by atoms with Crippen LogP contribution in [-0.2, 0) is 12.8 Å². The van der Waals surface area contributed by atoms with E-state index in [9.17, 15) is 15.0 Å². The monoisotopic (exact) mass is 463 g/mol. The summed E-state index contributed by atoms with van der Waals surface area (Å²) in [5.41, 5.74) is 6.16. The third-order valence-corrected chi connectivity index (χ3v) is 6.18. The molecule has 1 heterocycles. The first kappa shape index (κ1) is 22.3. The van der Waals surface area contributed by atoms with Gasteiger partial charge in [0.25, 0.3) is 0 Å². The van der Waals surface area contributed by atoms with Crippen LogP contribution in [0.2, 0.25) is 0 Å². The number of hydrogen-bond acceptors (Lipinski definition) is 5. The molecule has 4 aromatic carbocycles. The van der Waals surface area contributed by atoms with Gasteiger partial charge in [-0.3, -0.25) is 4.79 Å². The zero-order valence-corrected chi connectivity index (χ0v) is 19.6. The summed E-state index contributed by atoms with van der Waals surface area (Å²) in [6.07, 6.45) is 1.06. The first-order valence-electron chi connectivity index (χ1n) is 11.5. The smallest absolute Gasteiger partial charge is 0.196 e. The number of aromatic nitrogens is 3. The first-order chi connectivity index (χ1) is 16.9. The molecular weight excluding hydrogens is 438 g/mol. The molecule has 2 N–H and O–H groups in total. The average molecular weight is 464 g/mol. The van der Waals surface area contributed by atoms with Gasteiger partial charge in [-0.15, -0.1) is 15.0 Å². The number of ketones is 1. The molecule has 0 spiro atoms. The van der Waals surface area contributed by atoms with Crippen molar-refractivity contribution < 1.29 is 15.0 Å². The molecule has 0 bridgehead atoms. The Bertz CT molecular complexity index is 1520. The summed E-state index contributed by atoms with van der Waals surface area (Å²) in [4.78, 5) is 14.5. The maximum Gasteiger partial charge on any atom is 0.196 e. The Morgan fingerprint density at radius 2 is 1.49 bits per heavy atom. The number of aryl methyl sites for hydroxylation is 2. The zero-order chi connectivity index (χ0) is 24.5. The summed E-state index contributed by atoms with van der Waals surface area (Å²) in [7, 11) is 0. The van der Waals surface area contributed by atoms with Gasteiger partial charge < -0.3 is 10.2 Å². The van der Waals surface area contributed by atoms with Gasteiger partial charge >= 0.3 is 0 Å². The molecule has 0 saturated carbocycles. The van der Waals surface area contributed by atoms with Crippen molar-refractivity contribution in [2.75, 3.05) is 0 Å². The van der Waals surface area contributed by atoms with Crippen LogP contribution in [0.4, 0.5) is 0 Å². The van der Waals surface area contributed by atoms with E-state index in [0.717, 1.165) is 27.7 Å². The number of fused-ring (bicyclic) bond motifs is 1. The maximum absolute atomic E-state index is 13.1. The van der Waals surface area contributed by atoms with E-state index in [1.54, 1.807) is 36.4 Å². The van der Waals surface area contributed by atoms with Crippen LogP contribution >= 0.6 is 0 Å². The summed E-state index contributed by atoms with van der Waals surface area (Å²) in [5, 5.41) is 30.9. The highest BCUT2D eigenvalue weighted by molar-refractivity contribution is 6.10. The van der Waals surface area contributed by atoms with Gasteiger partial charge in [0.15, 0.2) is 5.78 Å². The Morgan fingerprint density at radius 1 is 0.829 bits per heavy atom. The first-order valence-corrected chi connectivity index (χ1v) is 11.5. The molecule has 1 aromatic heterocycles. The van der Waals surface area contributed by atoms with E-state index in [4.69, 9.17) is 0 Å². The molecule has 174 valence electrons. The number of phenols is 2. The molecule has 0 radical (unpaired) electrons. The zero-order valence-electron chi connectivity index (χ0n) is 19.6. The molecule has 6 heteroatoms. The van der Waals surface area contributed by atoms with Gasteiger partial charge in [-0.25, -0.2) is 0 Å². The van der Waals surface area contributed by atoms with Gasteiger partial charge in [-0.05, 0) is 60.4 Å². The van der Waals surface area contributed by atoms with E-state index in [2.05, 4.69) is 10.2 Å². The number of carbonyl (C=O) groups is 1. The summed E-state index contributed by atoms with van der Waals surface area (Å²) >= 11 is 0. The number of carbonyl (C=O) groups excluding carboxylic acids is 1. The lowest BCUT2D eigenvalue weighted by molar-refractivity contribution is 0.103. The Balaban J connectivity index is 1.57. The standard InChI is InChI=1S/C29H25N3O3/c1-3-19-17-27(33)23(28(34)20-9-5-4-6-10-20)16-21(19)15-22-13-18(2)14-26(29(22)35)32-30-24-11-7-8-12-25(24)31-32/h4-14,16-17,33,35H,3,15H2,1-2H3. The second-order valence-corrected chi connectivity index (χ2v) is 8.63. The number of benzene rings is 4. The predicted molar refractivity (Wildman–Crippen MR) is 135 cm³/mol. The van der Waals surface area contributed by atoms with Crippen LogP contribution in [0.15, 0.2) is 78.9 Å². The Morgan fingerprint density at radius 3 is 2.14 bits per heavy atom. The quantitative estimate of drug-likeness (QED) is 0.324. The van der Waals surface area contributed by atoms with Gasteiger partial charge in [0, 0.05) is 17.5 Å². The number of nitrogens with zero attached hydrogens (tertiary/aromatic N) is 3. The molecule has 0 atom stereocenters. The Hall–Kier alpha value is -4.45. The van der Waals surface area contributed by atoms with Crippen LogP contribution in [-0.4, -0.2) is 31.0 Å². The molecule has 0 unspecified atom stereocenters. The van der Waals surface area contributed by atoms with Gasteiger partial charge in [0.05, 0.1) is 5.56 Å². The molecule has 5 aromatic rings. The lowest BCUT2D eigenvalue weighted by atomic mass is 9.91. The van der Waals surface area contributed by atoms with Crippen LogP contribution in [0.1, 0.15) is 45.1 Å². The molecule has 0 aliphatic carbocycles. The molecule has 35 heavy (non-hydrogen) atoms. The van der Waals surface area contributed by atoms with E-state index in [1.165, 1.54) is 4.80 Å². The minimum absolute atomic E-state index is 0.0407. The minimum Gasteiger partial charge on any atom is -0.507 e. The normalized spacial score (nSPS) is 11.1. The number of rotatable bonds is 6. The molecule has 0 saturated heterocycles. The SMILES string of the molecule is CCc1cc(O)c(C(=O)c2ccccc2)cc1Cc1cc(C)cc(-n2nc3ccccc3n2)c1O. The molecule has 0 aliphatic rings. The van der Waals surface area contributed by atoms with Crippen molar-refractivity contribution in [2.45, 2.75) is 26.7 Å². The van der Waals surface area contributed by atoms with E-state index in [0.29, 0.717) is 29.7 Å². The van der Waals surface area contributed by atoms with Gasteiger partial charge in [-0.1, -0.05) is 55.5 Å². The minimum atomic E-state index is -0.242. The van der Waals surface area contributed by atoms with Crippen LogP contribution in [0.25, 0.3) is 16.7 Å². The van der Waals surface area contributed by atoms with E-state index < -0.39 is 0 Å². The van der Waals surface area contributed by atoms with Crippen molar-refractivity contribution in [1.82, 2.24) is 15.0 Å². The van der Waals surface area contributed by atoms with Gasteiger partial charge in [0.1, 0.15) is 28.2 Å². The van der Waals surface area contributed by atoms with E-state index in [-0.39, 0.29) is 22.8 Å². The average Bonchev–Trinajstić information content (AvgIpc) is 3.31. The van der Waals surface area contributed by atoms with Crippen molar-refractivity contribution in [2.24, 2.45) is 0 Å².